The van der Waals surface area contributed by atoms with Crippen LogP contribution in [0.4, 0.5) is 5.95 Å². The van der Waals surface area contributed by atoms with Gasteiger partial charge in [0.1, 0.15) is 6.61 Å². The van der Waals surface area contributed by atoms with Crippen molar-refractivity contribution >= 4 is 28.5 Å². The Bertz CT molecular complexity index is 1240. The first-order valence-corrected chi connectivity index (χ1v) is 13.6. The maximum Gasteiger partial charge on any atom is 0.225 e. The predicted octanol–water partition coefficient (Wildman–Crippen LogP) is 3.96. The summed E-state index contributed by atoms with van der Waals surface area (Å²) in [6.45, 7) is 5.32. The first-order valence-electron chi connectivity index (χ1n) is 13.6. The van der Waals surface area contributed by atoms with E-state index in [1.807, 2.05) is 24.1 Å². The largest absolute Gasteiger partial charge is 0.353 e. The molecular weight excluding hydrogens is 482 g/mol. The smallest absolute Gasteiger partial charge is 0.225 e. The van der Waals surface area contributed by atoms with Crippen LogP contribution in [0.3, 0.4) is 0 Å². The zero-order valence-corrected chi connectivity index (χ0v) is 22.3. The molecule has 1 unspecified atom stereocenters. The van der Waals surface area contributed by atoms with Crippen molar-refractivity contribution in [3.63, 3.8) is 0 Å². The van der Waals surface area contributed by atoms with Gasteiger partial charge in [-0.05, 0) is 49.7 Å². The topological polar surface area (TPSA) is 89.8 Å². The minimum atomic E-state index is -0.292. The third-order valence-corrected chi connectivity index (χ3v) is 7.66. The lowest BCUT2D eigenvalue weighted by molar-refractivity contribution is -0.155. The zero-order chi connectivity index (χ0) is 26.5. The average Bonchev–Trinajstić information content (AvgIpc) is 3.27. The van der Waals surface area contributed by atoms with Gasteiger partial charge in [-0.3, -0.25) is 9.59 Å². The Labute approximate surface area is 223 Å². The number of aryl methyl sites for hydroxylation is 1. The number of ether oxygens (including phenoxy) is 2. The normalized spacial score (nSPS) is 18.6. The van der Waals surface area contributed by atoms with Crippen LogP contribution >= 0.6 is 0 Å². The molecule has 202 valence electrons. The van der Waals surface area contributed by atoms with E-state index in [-0.39, 0.29) is 24.6 Å². The quantitative estimate of drug-likeness (QED) is 0.395. The molecule has 0 spiro atoms. The van der Waals surface area contributed by atoms with Gasteiger partial charge in [0.05, 0.1) is 5.56 Å². The molecule has 2 aliphatic heterocycles. The number of nitrogens with zero attached hydrogens (tertiary/aromatic N) is 5. The standard InChI is InChI=1S/C29H37N5O4/c1-21(35)34(19-24-18-32(2)26-8-4-3-7-25(24)26)17-22-10-12-33(13-11-22)29-30-15-23(16-31-29)27(36)20-38-28-9-5-6-14-37-28/h3-4,7-8,15-16,18,22,28H,5-6,9-14,17,19-20H2,1-2H3. The second-order valence-electron chi connectivity index (χ2n) is 10.4. The van der Waals surface area contributed by atoms with E-state index in [9.17, 15) is 9.59 Å². The van der Waals surface area contributed by atoms with E-state index in [1.54, 1.807) is 19.3 Å². The molecule has 9 nitrogen and oxygen atoms in total. The van der Waals surface area contributed by atoms with E-state index in [4.69, 9.17) is 9.47 Å². The Balaban J connectivity index is 1.12. The van der Waals surface area contributed by atoms with Gasteiger partial charge in [-0.25, -0.2) is 9.97 Å². The van der Waals surface area contributed by atoms with Crippen LogP contribution < -0.4 is 4.90 Å². The van der Waals surface area contributed by atoms with Crippen molar-refractivity contribution < 1.29 is 19.1 Å². The molecule has 4 heterocycles. The van der Waals surface area contributed by atoms with E-state index in [0.717, 1.165) is 51.7 Å². The monoisotopic (exact) mass is 519 g/mol. The highest BCUT2D eigenvalue weighted by Gasteiger charge is 2.25. The van der Waals surface area contributed by atoms with Crippen LogP contribution in [-0.2, 0) is 27.9 Å². The fraction of sp³-hybridized carbons (Fsp3) is 0.517. The minimum Gasteiger partial charge on any atom is -0.353 e. The van der Waals surface area contributed by atoms with Crippen LogP contribution in [0, 0.1) is 5.92 Å². The maximum absolute atomic E-state index is 12.5. The number of piperidine rings is 1. The fourth-order valence-electron chi connectivity index (χ4n) is 5.41. The van der Waals surface area contributed by atoms with Crippen LogP contribution in [0.15, 0.2) is 42.9 Å². The molecule has 2 aliphatic rings. The van der Waals surface area contributed by atoms with Crippen LogP contribution in [0.25, 0.3) is 10.9 Å². The molecule has 0 aliphatic carbocycles. The number of carbonyl (C=O) groups is 2. The highest BCUT2D eigenvalue weighted by atomic mass is 16.7. The molecule has 2 fully saturated rings. The van der Waals surface area contributed by atoms with E-state index in [0.29, 0.717) is 30.6 Å². The van der Waals surface area contributed by atoms with Gasteiger partial charge in [-0.1, -0.05) is 18.2 Å². The molecule has 1 amide bonds. The van der Waals surface area contributed by atoms with Crippen LogP contribution in [0.1, 0.15) is 54.9 Å². The highest BCUT2D eigenvalue weighted by Crippen LogP contribution is 2.25. The lowest BCUT2D eigenvalue weighted by Crippen LogP contribution is -2.40. The van der Waals surface area contributed by atoms with Gasteiger partial charge in [0.2, 0.25) is 11.9 Å². The lowest BCUT2D eigenvalue weighted by Gasteiger charge is -2.34. The molecule has 2 aromatic heterocycles. The van der Waals surface area contributed by atoms with Gasteiger partial charge >= 0.3 is 0 Å². The summed E-state index contributed by atoms with van der Waals surface area (Å²) >= 11 is 0. The molecule has 1 atom stereocenters. The van der Waals surface area contributed by atoms with Gasteiger partial charge in [0.25, 0.3) is 0 Å². The molecule has 38 heavy (non-hydrogen) atoms. The number of benzene rings is 1. The molecule has 9 heteroatoms. The van der Waals surface area contributed by atoms with Gasteiger partial charge in [-0.15, -0.1) is 0 Å². The number of fused-ring (bicyclic) bond motifs is 1. The molecule has 0 bridgehead atoms. The number of aromatic nitrogens is 3. The molecule has 2 saturated heterocycles. The van der Waals surface area contributed by atoms with Crippen molar-refractivity contribution in [1.82, 2.24) is 19.4 Å². The van der Waals surface area contributed by atoms with E-state index < -0.39 is 0 Å². The number of hydrogen-bond donors (Lipinski definition) is 0. The fourth-order valence-corrected chi connectivity index (χ4v) is 5.41. The number of rotatable bonds is 9. The Hall–Kier alpha value is -3.30. The van der Waals surface area contributed by atoms with Crippen LogP contribution in [-0.4, -0.2) is 70.3 Å². The highest BCUT2D eigenvalue weighted by molar-refractivity contribution is 5.96. The summed E-state index contributed by atoms with van der Waals surface area (Å²) in [6, 6.07) is 8.32. The van der Waals surface area contributed by atoms with Gasteiger partial charge < -0.3 is 23.8 Å². The van der Waals surface area contributed by atoms with Crippen molar-refractivity contribution in [3.8, 4) is 0 Å². The second-order valence-corrected chi connectivity index (χ2v) is 10.4. The first-order chi connectivity index (χ1) is 18.5. The van der Waals surface area contributed by atoms with Crippen LogP contribution in [0.2, 0.25) is 0 Å². The number of carbonyl (C=O) groups excluding carboxylic acids is 2. The summed E-state index contributed by atoms with van der Waals surface area (Å²) in [5.74, 6) is 1.02. The lowest BCUT2D eigenvalue weighted by atomic mass is 9.96. The van der Waals surface area contributed by atoms with E-state index in [1.165, 1.54) is 16.5 Å². The summed E-state index contributed by atoms with van der Waals surface area (Å²) in [5.41, 5.74) is 2.80. The summed E-state index contributed by atoms with van der Waals surface area (Å²) in [4.78, 5) is 38.0. The van der Waals surface area contributed by atoms with Crippen molar-refractivity contribution in [2.45, 2.75) is 51.9 Å². The van der Waals surface area contributed by atoms with E-state index >= 15 is 0 Å². The number of hydrogen-bond acceptors (Lipinski definition) is 7. The third-order valence-electron chi connectivity index (χ3n) is 7.66. The van der Waals surface area contributed by atoms with Gasteiger partial charge in [0, 0.05) is 76.3 Å². The number of para-hydroxylation sites is 1. The summed E-state index contributed by atoms with van der Waals surface area (Å²) in [6.07, 6.45) is 9.85. The molecule has 0 N–H and O–H groups in total. The number of ketones is 1. The van der Waals surface area contributed by atoms with Crippen molar-refractivity contribution in [3.05, 3.63) is 54.0 Å². The number of Topliss-reactive ketones (excluding diaryl/α,β-unsaturated/α-hetero) is 1. The van der Waals surface area contributed by atoms with Gasteiger partial charge in [-0.2, -0.15) is 0 Å². The van der Waals surface area contributed by atoms with Gasteiger partial charge in [0.15, 0.2) is 12.1 Å². The molecule has 0 radical (unpaired) electrons. The first kappa shape index (κ1) is 26.3. The second kappa shape index (κ2) is 12.0. The van der Waals surface area contributed by atoms with Crippen molar-refractivity contribution in [1.29, 1.82) is 0 Å². The minimum absolute atomic E-state index is 0.0236. The van der Waals surface area contributed by atoms with Crippen molar-refractivity contribution in [2.24, 2.45) is 13.0 Å². The zero-order valence-electron chi connectivity index (χ0n) is 22.3. The Morgan fingerprint density at radius 2 is 1.87 bits per heavy atom. The maximum atomic E-state index is 12.5. The molecule has 3 aromatic rings. The molecular formula is C29H37N5O4. The third kappa shape index (κ3) is 6.22. The number of amides is 1. The predicted molar refractivity (Wildman–Crippen MR) is 145 cm³/mol. The molecule has 1 aromatic carbocycles. The average molecular weight is 520 g/mol. The Morgan fingerprint density at radius 1 is 1.11 bits per heavy atom. The van der Waals surface area contributed by atoms with E-state index in [2.05, 4.69) is 37.8 Å². The summed E-state index contributed by atoms with van der Waals surface area (Å²) in [7, 11) is 2.05. The summed E-state index contributed by atoms with van der Waals surface area (Å²) < 4.78 is 13.2. The molecule has 0 saturated carbocycles. The Kier molecular flexibility index (Phi) is 8.34. The Morgan fingerprint density at radius 3 is 2.58 bits per heavy atom. The SMILES string of the molecule is CC(=O)N(Cc1cn(C)c2ccccc12)CC1CCN(c2ncc(C(=O)COC3CCCCO3)cn2)CC1. The molecule has 5 rings (SSSR count). The number of anilines is 1. The van der Waals surface area contributed by atoms with Crippen molar-refractivity contribution in [2.75, 3.05) is 37.7 Å². The van der Waals surface area contributed by atoms with Crippen LogP contribution in [0.5, 0.6) is 0 Å². The summed E-state index contributed by atoms with van der Waals surface area (Å²) in [5, 5.41) is 1.20.